The predicted molar refractivity (Wildman–Crippen MR) is 93.6 cm³/mol. The number of carbonyl (C=O) groups is 1. The van der Waals surface area contributed by atoms with Crippen LogP contribution < -0.4 is 5.32 Å². The molecule has 0 saturated carbocycles. The highest BCUT2D eigenvalue weighted by Crippen LogP contribution is 2.23. The first kappa shape index (κ1) is 13.5. The monoisotopic (exact) mass is 298 g/mol. The molecule has 3 heteroatoms. The van der Waals surface area contributed by atoms with Crippen LogP contribution in [0.1, 0.15) is 10.4 Å². The summed E-state index contributed by atoms with van der Waals surface area (Å²) in [6.45, 7) is 0. The van der Waals surface area contributed by atoms with E-state index in [1.54, 1.807) is 12.4 Å². The first-order chi connectivity index (χ1) is 11.3. The number of anilines is 1. The van der Waals surface area contributed by atoms with Crippen LogP contribution in [0.4, 0.5) is 5.69 Å². The molecule has 23 heavy (non-hydrogen) atoms. The quantitative estimate of drug-likeness (QED) is 0.585. The molecule has 3 nitrogen and oxygen atoms in total. The van der Waals surface area contributed by atoms with Crippen LogP contribution in [0.15, 0.2) is 79.1 Å². The van der Waals surface area contributed by atoms with Gasteiger partial charge in [-0.2, -0.15) is 0 Å². The van der Waals surface area contributed by atoms with Crippen LogP contribution in [0.2, 0.25) is 0 Å². The summed E-state index contributed by atoms with van der Waals surface area (Å²) in [5.74, 6) is -0.111. The molecule has 1 aromatic heterocycles. The smallest absolute Gasteiger partial charge is 0.255 e. The van der Waals surface area contributed by atoms with E-state index in [1.807, 2.05) is 66.7 Å². The van der Waals surface area contributed by atoms with Gasteiger partial charge in [0.15, 0.2) is 0 Å². The molecule has 0 radical (unpaired) electrons. The third-order valence-corrected chi connectivity index (χ3v) is 3.94. The summed E-state index contributed by atoms with van der Waals surface area (Å²) < 4.78 is 0. The topological polar surface area (TPSA) is 42.0 Å². The van der Waals surface area contributed by atoms with Crippen molar-refractivity contribution in [2.24, 2.45) is 0 Å². The Labute approximate surface area is 133 Å². The minimum atomic E-state index is -0.111. The molecule has 0 spiro atoms. The number of carbonyl (C=O) groups excluding carboxylic acids is 1. The summed E-state index contributed by atoms with van der Waals surface area (Å²) in [6, 6.07) is 21.5. The second-order valence-electron chi connectivity index (χ2n) is 5.42. The predicted octanol–water partition coefficient (Wildman–Crippen LogP) is 4.64. The van der Waals surface area contributed by atoms with Gasteiger partial charge in [-0.15, -0.1) is 0 Å². The lowest BCUT2D eigenvalue weighted by Gasteiger charge is -2.09. The second kappa shape index (κ2) is 5.54. The lowest BCUT2D eigenvalue weighted by Crippen LogP contribution is -2.12. The van der Waals surface area contributed by atoms with Crippen LogP contribution in [0, 0.1) is 0 Å². The largest absolute Gasteiger partial charge is 0.321 e. The Morgan fingerprint density at radius 2 is 1.65 bits per heavy atom. The zero-order chi connectivity index (χ0) is 15.6. The van der Waals surface area contributed by atoms with Crippen molar-refractivity contribution in [2.75, 3.05) is 5.32 Å². The van der Waals surface area contributed by atoms with Crippen LogP contribution in [0.3, 0.4) is 0 Å². The Kier molecular flexibility index (Phi) is 3.24. The summed E-state index contributed by atoms with van der Waals surface area (Å²) in [5.41, 5.74) is 1.44. The highest BCUT2D eigenvalue weighted by Gasteiger charge is 2.09. The van der Waals surface area contributed by atoms with Crippen LogP contribution in [-0.4, -0.2) is 10.9 Å². The average Bonchev–Trinajstić information content (AvgIpc) is 2.61. The first-order valence-corrected chi connectivity index (χ1v) is 7.44. The maximum Gasteiger partial charge on any atom is 0.255 e. The molecular weight excluding hydrogens is 284 g/mol. The SMILES string of the molecule is O=C(Nc1cccc2cnccc12)c1ccc2ccccc2c1. The van der Waals surface area contributed by atoms with Gasteiger partial charge in [-0.05, 0) is 35.0 Å². The lowest BCUT2D eigenvalue weighted by atomic mass is 10.1. The standard InChI is InChI=1S/C20H14N2O/c23-20(16-9-8-14-4-1-2-5-15(14)12-16)22-19-7-3-6-17-13-21-11-10-18(17)19/h1-13H,(H,22,23). The molecule has 1 N–H and O–H groups in total. The van der Waals surface area contributed by atoms with Gasteiger partial charge in [0, 0.05) is 34.4 Å². The van der Waals surface area contributed by atoms with Gasteiger partial charge in [-0.3, -0.25) is 9.78 Å². The molecular formula is C20H14N2O. The summed E-state index contributed by atoms with van der Waals surface area (Å²) in [7, 11) is 0. The van der Waals surface area contributed by atoms with Gasteiger partial charge in [0.25, 0.3) is 5.91 Å². The molecule has 0 bridgehead atoms. The highest BCUT2D eigenvalue weighted by atomic mass is 16.1. The zero-order valence-corrected chi connectivity index (χ0v) is 12.4. The van der Waals surface area contributed by atoms with Crippen LogP contribution in [0.25, 0.3) is 21.5 Å². The maximum absolute atomic E-state index is 12.6. The van der Waals surface area contributed by atoms with E-state index in [0.717, 1.165) is 27.2 Å². The van der Waals surface area contributed by atoms with Gasteiger partial charge < -0.3 is 5.32 Å². The third-order valence-electron chi connectivity index (χ3n) is 3.94. The van der Waals surface area contributed by atoms with Crippen molar-refractivity contribution >= 4 is 33.1 Å². The fourth-order valence-electron chi connectivity index (χ4n) is 2.76. The van der Waals surface area contributed by atoms with E-state index in [4.69, 9.17) is 0 Å². The van der Waals surface area contributed by atoms with E-state index in [0.29, 0.717) is 5.56 Å². The molecule has 4 aromatic rings. The molecule has 0 aliphatic rings. The van der Waals surface area contributed by atoms with Crippen LogP contribution in [0.5, 0.6) is 0 Å². The minimum Gasteiger partial charge on any atom is -0.321 e. The van der Waals surface area contributed by atoms with E-state index >= 15 is 0 Å². The van der Waals surface area contributed by atoms with Crippen molar-refractivity contribution in [3.8, 4) is 0 Å². The molecule has 1 amide bonds. The Morgan fingerprint density at radius 1 is 0.826 bits per heavy atom. The number of nitrogens with one attached hydrogen (secondary N) is 1. The Bertz CT molecular complexity index is 1020. The van der Waals surface area contributed by atoms with Crippen molar-refractivity contribution in [3.63, 3.8) is 0 Å². The Hall–Kier alpha value is -3.20. The van der Waals surface area contributed by atoms with Crippen LogP contribution >= 0.6 is 0 Å². The number of amides is 1. The van der Waals surface area contributed by atoms with Crippen molar-refractivity contribution in [1.82, 2.24) is 4.98 Å². The molecule has 4 rings (SSSR count). The number of nitrogens with zero attached hydrogens (tertiary/aromatic N) is 1. The second-order valence-corrected chi connectivity index (χ2v) is 5.42. The number of rotatable bonds is 2. The van der Waals surface area contributed by atoms with Crippen molar-refractivity contribution < 1.29 is 4.79 Å². The molecule has 0 unspecified atom stereocenters. The maximum atomic E-state index is 12.6. The first-order valence-electron chi connectivity index (χ1n) is 7.44. The highest BCUT2D eigenvalue weighted by molar-refractivity contribution is 6.10. The number of hydrogen-bond donors (Lipinski definition) is 1. The third kappa shape index (κ3) is 2.53. The fraction of sp³-hybridized carbons (Fsp3) is 0. The van der Waals surface area contributed by atoms with Gasteiger partial charge in [-0.1, -0.05) is 42.5 Å². The van der Waals surface area contributed by atoms with E-state index in [9.17, 15) is 4.79 Å². The van der Waals surface area contributed by atoms with E-state index < -0.39 is 0 Å². The van der Waals surface area contributed by atoms with Crippen LogP contribution in [-0.2, 0) is 0 Å². The fourth-order valence-corrected chi connectivity index (χ4v) is 2.76. The lowest BCUT2D eigenvalue weighted by molar-refractivity contribution is 0.102. The van der Waals surface area contributed by atoms with Gasteiger partial charge in [-0.25, -0.2) is 0 Å². The van der Waals surface area contributed by atoms with E-state index in [1.165, 1.54) is 0 Å². The molecule has 0 atom stereocenters. The van der Waals surface area contributed by atoms with Gasteiger partial charge >= 0.3 is 0 Å². The molecule has 0 aliphatic heterocycles. The molecule has 0 saturated heterocycles. The number of hydrogen-bond acceptors (Lipinski definition) is 2. The van der Waals surface area contributed by atoms with E-state index in [2.05, 4.69) is 10.3 Å². The number of fused-ring (bicyclic) bond motifs is 2. The summed E-state index contributed by atoms with van der Waals surface area (Å²) >= 11 is 0. The van der Waals surface area contributed by atoms with E-state index in [-0.39, 0.29) is 5.91 Å². The van der Waals surface area contributed by atoms with Crippen molar-refractivity contribution in [3.05, 3.63) is 84.7 Å². The molecule has 110 valence electrons. The average molecular weight is 298 g/mol. The summed E-state index contributed by atoms with van der Waals surface area (Å²) in [4.78, 5) is 16.7. The summed E-state index contributed by atoms with van der Waals surface area (Å²) in [6.07, 6.45) is 3.52. The van der Waals surface area contributed by atoms with Crippen molar-refractivity contribution in [1.29, 1.82) is 0 Å². The Morgan fingerprint density at radius 3 is 2.57 bits per heavy atom. The molecule has 3 aromatic carbocycles. The summed E-state index contributed by atoms with van der Waals surface area (Å²) in [5, 5.41) is 7.17. The minimum absolute atomic E-state index is 0.111. The Balaban J connectivity index is 1.70. The molecule has 1 heterocycles. The van der Waals surface area contributed by atoms with Gasteiger partial charge in [0.05, 0.1) is 0 Å². The number of benzene rings is 3. The number of pyridine rings is 1. The normalized spacial score (nSPS) is 10.8. The van der Waals surface area contributed by atoms with Crippen molar-refractivity contribution in [2.45, 2.75) is 0 Å². The molecule has 0 fully saturated rings. The van der Waals surface area contributed by atoms with Gasteiger partial charge in [0.2, 0.25) is 0 Å². The zero-order valence-electron chi connectivity index (χ0n) is 12.4. The molecule has 0 aliphatic carbocycles. The van der Waals surface area contributed by atoms with Gasteiger partial charge in [0.1, 0.15) is 0 Å². The number of aromatic nitrogens is 1.